The van der Waals surface area contributed by atoms with Gasteiger partial charge in [0, 0.05) is 18.6 Å². The molecule has 0 aliphatic carbocycles. The van der Waals surface area contributed by atoms with Crippen molar-refractivity contribution < 1.29 is 17.9 Å². The van der Waals surface area contributed by atoms with Crippen LogP contribution in [0.2, 0.25) is 5.02 Å². The third-order valence-electron chi connectivity index (χ3n) is 3.66. The van der Waals surface area contributed by atoms with Gasteiger partial charge in [-0.15, -0.1) is 0 Å². The van der Waals surface area contributed by atoms with E-state index in [4.69, 9.17) is 11.6 Å². The molecular formula is C13H19ClFNO3S. The number of benzene rings is 1. The summed E-state index contributed by atoms with van der Waals surface area (Å²) in [5, 5.41) is 9.26. The van der Waals surface area contributed by atoms with E-state index in [1.165, 1.54) is 0 Å². The molecule has 0 aromatic heterocycles. The molecule has 4 nitrogen and oxygen atoms in total. The van der Waals surface area contributed by atoms with Crippen molar-refractivity contribution in [3.8, 4) is 0 Å². The first-order valence-corrected chi connectivity index (χ1v) is 8.22. The van der Waals surface area contributed by atoms with Crippen LogP contribution in [0, 0.1) is 11.2 Å². The Labute approximate surface area is 124 Å². The van der Waals surface area contributed by atoms with Crippen molar-refractivity contribution in [3.05, 3.63) is 29.0 Å². The first kappa shape index (κ1) is 17.4. The molecule has 0 saturated heterocycles. The molecule has 1 aromatic carbocycles. The van der Waals surface area contributed by atoms with E-state index in [2.05, 4.69) is 4.72 Å². The fourth-order valence-electron chi connectivity index (χ4n) is 1.80. The fourth-order valence-corrected chi connectivity index (χ4v) is 3.48. The summed E-state index contributed by atoms with van der Waals surface area (Å²) in [7, 11) is -3.83. The Morgan fingerprint density at radius 3 is 2.40 bits per heavy atom. The summed E-state index contributed by atoms with van der Waals surface area (Å²) in [6.07, 6.45) is 1.28. The molecule has 0 unspecified atom stereocenters. The molecule has 2 N–H and O–H groups in total. The van der Waals surface area contributed by atoms with Gasteiger partial charge in [-0.05, 0) is 31.0 Å². The molecule has 1 aromatic rings. The summed E-state index contributed by atoms with van der Waals surface area (Å²) >= 11 is 5.76. The second-order valence-corrected chi connectivity index (χ2v) is 6.91. The van der Waals surface area contributed by atoms with Crippen LogP contribution in [0.5, 0.6) is 0 Å². The van der Waals surface area contributed by atoms with Gasteiger partial charge in [0.2, 0.25) is 10.0 Å². The number of aliphatic hydroxyl groups excluding tert-OH is 1. The van der Waals surface area contributed by atoms with Gasteiger partial charge in [0.25, 0.3) is 0 Å². The van der Waals surface area contributed by atoms with Gasteiger partial charge in [-0.2, -0.15) is 0 Å². The van der Waals surface area contributed by atoms with Crippen LogP contribution in [0.4, 0.5) is 4.39 Å². The molecule has 1 rings (SSSR count). The van der Waals surface area contributed by atoms with Crippen LogP contribution in [-0.4, -0.2) is 26.7 Å². The Kier molecular flexibility index (Phi) is 5.94. The maximum absolute atomic E-state index is 12.9. The highest BCUT2D eigenvalue weighted by Crippen LogP contribution is 2.27. The number of sulfonamides is 1. The summed E-state index contributed by atoms with van der Waals surface area (Å²) < 4.78 is 39.7. The molecule has 0 saturated carbocycles. The summed E-state index contributed by atoms with van der Waals surface area (Å²) in [6, 6.07) is 3.12. The van der Waals surface area contributed by atoms with Crippen molar-refractivity contribution in [1.82, 2.24) is 4.72 Å². The predicted molar refractivity (Wildman–Crippen MR) is 76.7 cm³/mol. The Hall–Kier alpha value is -0.690. The van der Waals surface area contributed by atoms with Crippen LogP contribution in [0.15, 0.2) is 23.1 Å². The molecule has 20 heavy (non-hydrogen) atoms. The number of hydrogen-bond donors (Lipinski definition) is 2. The van der Waals surface area contributed by atoms with E-state index >= 15 is 0 Å². The van der Waals surface area contributed by atoms with Crippen molar-refractivity contribution >= 4 is 21.6 Å². The van der Waals surface area contributed by atoms with Gasteiger partial charge in [0.05, 0.1) is 5.02 Å². The van der Waals surface area contributed by atoms with Crippen molar-refractivity contribution in [2.24, 2.45) is 5.41 Å². The van der Waals surface area contributed by atoms with Gasteiger partial charge in [-0.3, -0.25) is 0 Å². The average molecular weight is 324 g/mol. The lowest BCUT2D eigenvalue weighted by Crippen LogP contribution is -2.39. The smallest absolute Gasteiger partial charge is 0.242 e. The monoisotopic (exact) mass is 323 g/mol. The predicted octanol–water partition coefficient (Wildman–Crippen LogP) is 2.56. The molecule has 0 aliphatic heterocycles. The zero-order valence-corrected chi connectivity index (χ0v) is 13.1. The maximum Gasteiger partial charge on any atom is 0.242 e. The standard InChI is InChI=1S/C13H19ClFNO3S/c1-3-13(4-2,9-17)8-16-20(18,19)12-6-5-10(15)7-11(12)14/h5-7,16-17H,3-4,8-9H2,1-2H3. The lowest BCUT2D eigenvalue weighted by atomic mass is 9.84. The van der Waals surface area contributed by atoms with Gasteiger partial charge in [0.1, 0.15) is 10.7 Å². The number of aliphatic hydroxyl groups is 1. The third-order valence-corrected chi connectivity index (χ3v) is 5.54. The first-order valence-electron chi connectivity index (χ1n) is 6.36. The van der Waals surface area contributed by atoms with Crippen molar-refractivity contribution in [1.29, 1.82) is 0 Å². The Balaban J connectivity index is 2.96. The SMILES string of the molecule is CCC(CC)(CO)CNS(=O)(=O)c1ccc(F)cc1Cl. The van der Waals surface area contributed by atoms with Gasteiger partial charge >= 0.3 is 0 Å². The highest BCUT2D eigenvalue weighted by atomic mass is 35.5. The van der Waals surface area contributed by atoms with E-state index in [1.807, 2.05) is 13.8 Å². The summed E-state index contributed by atoms with van der Waals surface area (Å²) in [5.74, 6) is -0.597. The van der Waals surface area contributed by atoms with E-state index in [1.54, 1.807) is 0 Å². The number of nitrogens with one attached hydrogen (secondary N) is 1. The maximum atomic E-state index is 12.9. The van der Waals surface area contributed by atoms with E-state index in [0.717, 1.165) is 18.2 Å². The molecule has 0 atom stereocenters. The second-order valence-electron chi connectivity index (χ2n) is 4.76. The minimum Gasteiger partial charge on any atom is -0.396 e. The van der Waals surface area contributed by atoms with Gasteiger partial charge in [-0.1, -0.05) is 25.4 Å². The van der Waals surface area contributed by atoms with E-state index in [0.29, 0.717) is 12.8 Å². The molecule has 0 aliphatic rings. The molecular weight excluding hydrogens is 305 g/mol. The van der Waals surface area contributed by atoms with Crippen molar-refractivity contribution in [2.45, 2.75) is 31.6 Å². The quantitative estimate of drug-likeness (QED) is 0.810. The van der Waals surface area contributed by atoms with Crippen molar-refractivity contribution in [3.63, 3.8) is 0 Å². The van der Waals surface area contributed by atoms with E-state index < -0.39 is 21.3 Å². The third kappa shape index (κ3) is 3.91. The summed E-state index contributed by atoms with van der Waals surface area (Å²) in [6.45, 7) is 3.77. The van der Waals surface area contributed by atoms with E-state index in [9.17, 15) is 17.9 Å². The lowest BCUT2D eigenvalue weighted by Gasteiger charge is -2.29. The molecule has 0 bridgehead atoms. The first-order chi connectivity index (χ1) is 9.30. The molecule has 0 radical (unpaired) electrons. The lowest BCUT2D eigenvalue weighted by molar-refractivity contribution is 0.119. The molecule has 0 amide bonds. The largest absolute Gasteiger partial charge is 0.396 e. The van der Waals surface area contributed by atoms with Crippen LogP contribution in [-0.2, 0) is 10.0 Å². The van der Waals surface area contributed by atoms with Crippen LogP contribution < -0.4 is 4.72 Å². The Morgan fingerprint density at radius 2 is 1.95 bits per heavy atom. The molecule has 0 fully saturated rings. The highest BCUT2D eigenvalue weighted by molar-refractivity contribution is 7.89. The fraction of sp³-hybridized carbons (Fsp3) is 0.538. The minimum atomic E-state index is -3.83. The number of rotatable bonds is 7. The van der Waals surface area contributed by atoms with Crippen molar-refractivity contribution in [2.75, 3.05) is 13.2 Å². The van der Waals surface area contributed by atoms with Crippen LogP contribution in [0.25, 0.3) is 0 Å². The highest BCUT2D eigenvalue weighted by Gasteiger charge is 2.28. The van der Waals surface area contributed by atoms with Crippen LogP contribution in [0.1, 0.15) is 26.7 Å². The second kappa shape index (κ2) is 6.85. The molecule has 114 valence electrons. The summed E-state index contributed by atoms with van der Waals surface area (Å²) in [5.41, 5.74) is -0.500. The number of halogens is 2. The Morgan fingerprint density at radius 1 is 1.35 bits per heavy atom. The topological polar surface area (TPSA) is 66.4 Å². The number of hydrogen-bond acceptors (Lipinski definition) is 3. The molecule has 7 heteroatoms. The molecule has 0 heterocycles. The zero-order chi connectivity index (χ0) is 15.4. The van der Waals surface area contributed by atoms with Crippen LogP contribution >= 0.6 is 11.6 Å². The van der Waals surface area contributed by atoms with Gasteiger partial charge in [0.15, 0.2) is 0 Å². The molecule has 0 spiro atoms. The van der Waals surface area contributed by atoms with Gasteiger partial charge < -0.3 is 5.11 Å². The van der Waals surface area contributed by atoms with E-state index in [-0.39, 0.29) is 23.1 Å². The zero-order valence-electron chi connectivity index (χ0n) is 11.5. The average Bonchev–Trinajstić information content (AvgIpc) is 2.40. The van der Waals surface area contributed by atoms with Gasteiger partial charge in [-0.25, -0.2) is 17.5 Å². The summed E-state index contributed by atoms with van der Waals surface area (Å²) in [4.78, 5) is -0.167. The Bertz CT molecular complexity index is 550. The normalized spacial score (nSPS) is 12.7. The van der Waals surface area contributed by atoms with Crippen LogP contribution in [0.3, 0.4) is 0 Å². The minimum absolute atomic E-state index is 0.104.